The summed E-state index contributed by atoms with van der Waals surface area (Å²) in [5, 5.41) is 30.8. The van der Waals surface area contributed by atoms with Gasteiger partial charge in [-0.05, 0) is 19.9 Å². The molecule has 0 atom stereocenters. The van der Waals surface area contributed by atoms with E-state index in [-0.39, 0.29) is 11.5 Å². The number of nitrogens with zero attached hydrogens (tertiary/aromatic N) is 3. The van der Waals surface area contributed by atoms with Crippen molar-refractivity contribution in [1.29, 1.82) is 5.26 Å². The molecule has 0 unspecified atom stereocenters. The van der Waals surface area contributed by atoms with Gasteiger partial charge >= 0.3 is 11.7 Å². The van der Waals surface area contributed by atoms with E-state index in [0.29, 0.717) is 0 Å². The number of rotatable bonds is 4. The van der Waals surface area contributed by atoms with Crippen LogP contribution in [0.2, 0.25) is 0 Å². The second-order valence-electron chi connectivity index (χ2n) is 3.99. The quantitative estimate of drug-likeness (QED) is 0.605. The van der Waals surface area contributed by atoms with Crippen LogP contribution in [0.3, 0.4) is 0 Å². The molecule has 0 amide bonds. The van der Waals surface area contributed by atoms with E-state index in [0.717, 1.165) is 6.07 Å². The lowest BCUT2D eigenvalue weighted by Gasteiger charge is -2.21. The average Bonchev–Trinajstić information content (AvgIpc) is 2.27. The molecule has 0 spiro atoms. The zero-order valence-electron chi connectivity index (χ0n) is 9.67. The first kappa shape index (κ1) is 13.4. The van der Waals surface area contributed by atoms with Crippen molar-refractivity contribution in [3.63, 3.8) is 0 Å². The number of carboxylic acid groups (broad SMARTS) is 1. The molecule has 0 bridgehead atoms. The summed E-state index contributed by atoms with van der Waals surface area (Å²) < 4.78 is 0. The topological polar surface area (TPSA) is 129 Å². The van der Waals surface area contributed by atoms with E-state index in [2.05, 4.69) is 10.3 Å². The number of anilines is 1. The summed E-state index contributed by atoms with van der Waals surface area (Å²) in [5.74, 6) is -1.02. The van der Waals surface area contributed by atoms with Crippen LogP contribution in [-0.4, -0.2) is 26.5 Å². The Balaban J connectivity index is 3.12. The Hall–Kier alpha value is -2.69. The number of hydrogen-bond acceptors (Lipinski definition) is 6. The van der Waals surface area contributed by atoms with Crippen molar-refractivity contribution in [3.8, 4) is 6.07 Å². The third kappa shape index (κ3) is 2.70. The van der Waals surface area contributed by atoms with Crippen LogP contribution in [0.4, 0.5) is 11.5 Å². The first-order valence-corrected chi connectivity index (χ1v) is 4.85. The Morgan fingerprint density at radius 2 is 2.22 bits per heavy atom. The highest BCUT2D eigenvalue weighted by molar-refractivity contribution is 5.81. The lowest BCUT2D eigenvalue weighted by molar-refractivity contribution is -0.385. The summed E-state index contributed by atoms with van der Waals surface area (Å²) in [7, 11) is 0. The molecule has 0 aliphatic rings. The van der Waals surface area contributed by atoms with E-state index in [1.165, 1.54) is 19.9 Å². The van der Waals surface area contributed by atoms with E-state index in [9.17, 15) is 14.9 Å². The lowest BCUT2D eigenvalue weighted by Crippen LogP contribution is -2.40. The van der Waals surface area contributed by atoms with Crippen LogP contribution in [0.25, 0.3) is 0 Å². The molecule has 18 heavy (non-hydrogen) atoms. The van der Waals surface area contributed by atoms with Crippen molar-refractivity contribution in [3.05, 3.63) is 27.9 Å². The Morgan fingerprint density at radius 1 is 1.61 bits per heavy atom. The molecule has 0 saturated carbocycles. The first-order valence-electron chi connectivity index (χ1n) is 4.85. The number of hydrogen-bond donors (Lipinski definition) is 2. The Labute approximate surface area is 102 Å². The van der Waals surface area contributed by atoms with Crippen molar-refractivity contribution in [2.45, 2.75) is 19.4 Å². The summed E-state index contributed by atoms with van der Waals surface area (Å²) >= 11 is 0. The molecule has 1 aromatic rings. The molecule has 1 heterocycles. The van der Waals surface area contributed by atoms with Gasteiger partial charge in [0.05, 0.1) is 4.92 Å². The first-order chi connectivity index (χ1) is 8.27. The van der Waals surface area contributed by atoms with Crippen LogP contribution < -0.4 is 5.32 Å². The molecule has 8 nitrogen and oxygen atoms in total. The minimum Gasteiger partial charge on any atom is -0.480 e. The van der Waals surface area contributed by atoms with Crippen LogP contribution >= 0.6 is 0 Å². The Morgan fingerprint density at radius 3 is 2.67 bits per heavy atom. The fraction of sp³-hybridized carbons (Fsp3) is 0.300. The molecule has 2 N–H and O–H groups in total. The van der Waals surface area contributed by atoms with E-state index in [4.69, 9.17) is 10.4 Å². The van der Waals surface area contributed by atoms with Gasteiger partial charge in [-0.25, -0.2) is 9.78 Å². The van der Waals surface area contributed by atoms with E-state index in [1.807, 2.05) is 0 Å². The predicted molar refractivity (Wildman–Crippen MR) is 60.9 cm³/mol. The van der Waals surface area contributed by atoms with Gasteiger partial charge in [-0.3, -0.25) is 10.1 Å². The maximum atomic E-state index is 10.9. The standard InChI is InChI=1S/C10H10N4O4/c1-10(2,9(15)16)13-8-4-3-7(14(17)18)6(5-11)12-8/h3-4H,1-2H3,(H,12,13)(H,15,16). The molecule has 1 rings (SSSR count). The number of nitrogens with one attached hydrogen (secondary N) is 1. The summed E-state index contributed by atoms with van der Waals surface area (Å²) in [6, 6.07) is 3.95. The molecule has 1 aromatic heterocycles. The number of aromatic nitrogens is 1. The van der Waals surface area contributed by atoms with E-state index >= 15 is 0 Å². The van der Waals surface area contributed by atoms with Gasteiger partial charge in [-0.15, -0.1) is 0 Å². The number of aliphatic carboxylic acids is 1. The number of carbonyl (C=O) groups is 1. The molecule has 0 radical (unpaired) electrons. The van der Waals surface area contributed by atoms with Gasteiger partial charge in [0.1, 0.15) is 17.4 Å². The van der Waals surface area contributed by atoms with Crippen molar-refractivity contribution >= 4 is 17.5 Å². The smallest absolute Gasteiger partial charge is 0.328 e. The van der Waals surface area contributed by atoms with Gasteiger partial charge in [0.2, 0.25) is 5.69 Å². The fourth-order valence-electron chi connectivity index (χ4n) is 1.12. The van der Waals surface area contributed by atoms with Crippen LogP contribution in [0.15, 0.2) is 12.1 Å². The van der Waals surface area contributed by atoms with Crippen LogP contribution in [0, 0.1) is 21.4 Å². The van der Waals surface area contributed by atoms with Crippen LogP contribution in [-0.2, 0) is 4.79 Å². The van der Waals surface area contributed by atoms with Crippen molar-refractivity contribution in [2.24, 2.45) is 0 Å². The minimum absolute atomic E-state index is 0.0875. The number of pyridine rings is 1. The maximum Gasteiger partial charge on any atom is 0.328 e. The summed E-state index contributed by atoms with van der Waals surface area (Å²) in [6.07, 6.45) is 0. The molecule has 94 valence electrons. The molecule has 0 saturated heterocycles. The maximum absolute atomic E-state index is 10.9. The van der Waals surface area contributed by atoms with E-state index < -0.39 is 22.1 Å². The number of nitriles is 1. The van der Waals surface area contributed by atoms with E-state index in [1.54, 1.807) is 6.07 Å². The normalized spacial score (nSPS) is 10.5. The van der Waals surface area contributed by atoms with Crippen LogP contribution in [0.5, 0.6) is 0 Å². The summed E-state index contributed by atoms with van der Waals surface area (Å²) in [6.45, 7) is 2.81. The summed E-state index contributed by atoms with van der Waals surface area (Å²) in [5.41, 5.74) is -2.09. The highest BCUT2D eigenvalue weighted by Crippen LogP contribution is 2.20. The van der Waals surface area contributed by atoms with Gasteiger partial charge < -0.3 is 10.4 Å². The largest absolute Gasteiger partial charge is 0.480 e. The SMILES string of the molecule is CC(C)(Nc1ccc([N+](=O)[O-])c(C#N)n1)C(=O)O. The van der Waals surface area contributed by atoms with Crippen molar-refractivity contribution < 1.29 is 14.8 Å². The lowest BCUT2D eigenvalue weighted by atomic mass is 10.1. The Bertz CT molecular complexity index is 547. The van der Waals surface area contributed by atoms with Gasteiger partial charge in [-0.1, -0.05) is 0 Å². The third-order valence-electron chi connectivity index (χ3n) is 2.15. The zero-order valence-corrected chi connectivity index (χ0v) is 9.67. The highest BCUT2D eigenvalue weighted by atomic mass is 16.6. The average molecular weight is 250 g/mol. The van der Waals surface area contributed by atoms with Crippen molar-refractivity contribution in [1.82, 2.24) is 4.98 Å². The van der Waals surface area contributed by atoms with Gasteiger partial charge in [-0.2, -0.15) is 5.26 Å². The third-order valence-corrected chi connectivity index (χ3v) is 2.15. The highest BCUT2D eigenvalue weighted by Gasteiger charge is 2.28. The fourth-order valence-corrected chi connectivity index (χ4v) is 1.12. The summed E-state index contributed by atoms with van der Waals surface area (Å²) in [4.78, 5) is 24.5. The minimum atomic E-state index is -1.30. The molecular formula is C10H10N4O4. The second kappa shape index (κ2) is 4.67. The molecule has 0 aliphatic heterocycles. The second-order valence-corrected chi connectivity index (χ2v) is 3.99. The van der Waals surface area contributed by atoms with Gasteiger partial charge in [0.15, 0.2) is 0 Å². The van der Waals surface area contributed by atoms with Gasteiger partial charge in [0, 0.05) is 6.07 Å². The number of nitro groups is 1. The van der Waals surface area contributed by atoms with Gasteiger partial charge in [0.25, 0.3) is 0 Å². The molecular weight excluding hydrogens is 240 g/mol. The van der Waals surface area contributed by atoms with Crippen LogP contribution in [0.1, 0.15) is 19.5 Å². The molecule has 8 heteroatoms. The van der Waals surface area contributed by atoms with Crippen molar-refractivity contribution in [2.75, 3.05) is 5.32 Å². The molecule has 0 fully saturated rings. The monoisotopic (exact) mass is 250 g/mol. The Kier molecular flexibility index (Phi) is 3.47. The molecule has 0 aliphatic carbocycles. The number of carboxylic acids is 1. The zero-order chi connectivity index (χ0) is 13.9. The predicted octanol–water partition coefficient (Wildman–Crippen LogP) is 1.14. The molecule has 0 aromatic carbocycles.